The second kappa shape index (κ2) is 7.55. The SMILES string of the molecule is Cc1ccc(CSc2nnc(NC(=O)c3cccc(F)c3)s2)cc1. The van der Waals surface area contributed by atoms with Gasteiger partial charge in [0.1, 0.15) is 5.82 Å². The third-order valence-corrected chi connectivity index (χ3v) is 5.24. The zero-order valence-electron chi connectivity index (χ0n) is 12.8. The van der Waals surface area contributed by atoms with E-state index in [2.05, 4.69) is 46.7 Å². The molecule has 0 unspecified atom stereocenters. The van der Waals surface area contributed by atoms with Gasteiger partial charge in [0, 0.05) is 11.3 Å². The van der Waals surface area contributed by atoms with Crippen LogP contribution >= 0.6 is 23.1 Å². The first-order valence-electron chi connectivity index (χ1n) is 7.19. The first kappa shape index (κ1) is 16.6. The summed E-state index contributed by atoms with van der Waals surface area (Å²) in [6.45, 7) is 2.05. The van der Waals surface area contributed by atoms with E-state index in [0.717, 1.165) is 10.1 Å². The van der Waals surface area contributed by atoms with E-state index < -0.39 is 11.7 Å². The smallest absolute Gasteiger partial charge is 0.257 e. The number of amides is 1. The van der Waals surface area contributed by atoms with Gasteiger partial charge in [-0.3, -0.25) is 10.1 Å². The molecule has 122 valence electrons. The number of aryl methyl sites for hydroxylation is 1. The number of nitrogens with zero attached hydrogens (tertiary/aromatic N) is 2. The number of aromatic nitrogens is 2. The quantitative estimate of drug-likeness (QED) is 0.537. The zero-order chi connectivity index (χ0) is 16.9. The summed E-state index contributed by atoms with van der Waals surface area (Å²) in [5, 5.41) is 11.0. The Labute approximate surface area is 147 Å². The minimum atomic E-state index is -0.450. The zero-order valence-corrected chi connectivity index (χ0v) is 14.5. The number of anilines is 1. The van der Waals surface area contributed by atoms with Gasteiger partial charge in [-0.05, 0) is 30.7 Å². The van der Waals surface area contributed by atoms with E-state index in [9.17, 15) is 9.18 Å². The molecule has 0 aliphatic rings. The van der Waals surface area contributed by atoms with Crippen molar-refractivity contribution in [2.75, 3.05) is 5.32 Å². The number of rotatable bonds is 5. The van der Waals surface area contributed by atoms with Crippen LogP contribution in [0.5, 0.6) is 0 Å². The second-order valence-corrected chi connectivity index (χ2v) is 7.31. The van der Waals surface area contributed by atoms with Crippen LogP contribution in [0.1, 0.15) is 21.5 Å². The fourth-order valence-electron chi connectivity index (χ4n) is 1.95. The van der Waals surface area contributed by atoms with E-state index in [1.54, 1.807) is 17.8 Å². The van der Waals surface area contributed by atoms with Crippen molar-refractivity contribution in [3.63, 3.8) is 0 Å². The Bertz CT molecular complexity index is 849. The molecule has 1 amide bonds. The van der Waals surface area contributed by atoms with Gasteiger partial charge in [-0.2, -0.15) is 0 Å². The first-order valence-corrected chi connectivity index (χ1v) is 8.99. The van der Waals surface area contributed by atoms with E-state index in [-0.39, 0.29) is 5.56 Å². The van der Waals surface area contributed by atoms with Gasteiger partial charge < -0.3 is 0 Å². The molecule has 0 saturated carbocycles. The van der Waals surface area contributed by atoms with E-state index in [0.29, 0.717) is 5.13 Å². The number of hydrogen-bond acceptors (Lipinski definition) is 5. The Morgan fingerprint density at radius 3 is 2.75 bits per heavy atom. The fraction of sp³-hybridized carbons (Fsp3) is 0.118. The van der Waals surface area contributed by atoms with Crippen LogP contribution in [0.25, 0.3) is 0 Å². The Morgan fingerprint density at radius 1 is 1.21 bits per heavy atom. The number of halogens is 1. The summed E-state index contributed by atoms with van der Waals surface area (Å²) in [5.74, 6) is -0.0674. The molecule has 0 fully saturated rings. The van der Waals surface area contributed by atoms with Gasteiger partial charge in [-0.25, -0.2) is 4.39 Å². The molecule has 1 aromatic heterocycles. The summed E-state index contributed by atoms with van der Waals surface area (Å²) >= 11 is 2.86. The lowest BCUT2D eigenvalue weighted by atomic mass is 10.2. The third kappa shape index (κ3) is 4.39. The Kier molecular flexibility index (Phi) is 5.22. The van der Waals surface area contributed by atoms with E-state index in [1.165, 1.54) is 40.7 Å². The second-order valence-electron chi connectivity index (χ2n) is 5.11. The van der Waals surface area contributed by atoms with Crippen LogP contribution in [-0.4, -0.2) is 16.1 Å². The first-order chi connectivity index (χ1) is 11.6. The van der Waals surface area contributed by atoms with Gasteiger partial charge >= 0.3 is 0 Å². The molecule has 24 heavy (non-hydrogen) atoms. The molecule has 0 aliphatic carbocycles. The van der Waals surface area contributed by atoms with Crippen molar-refractivity contribution in [3.05, 3.63) is 71.0 Å². The molecule has 0 saturated heterocycles. The summed E-state index contributed by atoms with van der Waals surface area (Å²) < 4.78 is 13.9. The number of hydrogen-bond donors (Lipinski definition) is 1. The molecule has 3 rings (SSSR count). The molecule has 0 radical (unpaired) electrons. The van der Waals surface area contributed by atoms with Crippen molar-refractivity contribution >= 4 is 34.1 Å². The van der Waals surface area contributed by atoms with Crippen molar-refractivity contribution < 1.29 is 9.18 Å². The standard InChI is InChI=1S/C17H14FN3OS2/c1-11-5-7-12(8-6-11)10-23-17-21-20-16(24-17)19-15(22)13-3-2-4-14(18)9-13/h2-9H,10H2,1H3,(H,19,20,22). The fourth-order valence-corrected chi connectivity index (χ4v) is 3.65. The molecule has 7 heteroatoms. The van der Waals surface area contributed by atoms with Crippen LogP contribution < -0.4 is 5.32 Å². The van der Waals surface area contributed by atoms with E-state index >= 15 is 0 Å². The van der Waals surface area contributed by atoms with Gasteiger partial charge in [-0.15, -0.1) is 10.2 Å². The number of carbonyl (C=O) groups is 1. The largest absolute Gasteiger partial charge is 0.296 e. The minimum absolute atomic E-state index is 0.249. The predicted molar refractivity (Wildman–Crippen MR) is 95.0 cm³/mol. The highest BCUT2D eigenvalue weighted by Crippen LogP contribution is 2.28. The molecule has 0 aliphatic heterocycles. The maximum absolute atomic E-state index is 13.1. The monoisotopic (exact) mass is 359 g/mol. The number of benzene rings is 2. The van der Waals surface area contributed by atoms with Crippen LogP contribution in [0.4, 0.5) is 9.52 Å². The average Bonchev–Trinajstić information content (AvgIpc) is 3.02. The Hall–Kier alpha value is -2.25. The number of thioether (sulfide) groups is 1. The molecule has 2 aromatic carbocycles. The summed E-state index contributed by atoms with van der Waals surface area (Å²) in [7, 11) is 0. The van der Waals surface area contributed by atoms with Gasteiger partial charge in [0.05, 0.1) is 0 Å². The normalized spacial score (nSPS) is 10.6. The van der Waals surface area contributed by atoms with Gasteiger partial charge in [0.2, 0.25) is 5.13 Å². The van der Waals surface area contributed by atoms with Crippen LogP contribution in [0, 0.1) is 12.7 Å². The van der Waals surface area contributed by atoms with Crippen LogP contribution in [0.3, 0.4) is 0 Å². The van der Waals surface area contributed by atoms with Gasteiger partial charge in [0.25, 0.3) is 5.91 Å². The molecular weight excluding hydrogens is 345 g/mol. The lowest BCUT2D eigenvalue weighted by Crippen LogP contribution is -2.11. The number of carbonyl (C=O) groups excluding carboxylic acids is 1. The summed E-state index contributed by atoms with van der Waals surface area (Å²) in [6, 6.07) is 13.8. The maximum Gasteiger partial charge on any atom is 0.257 e. The molecule has 0 spiro atoms. The van der Waals surface area contributed by atoms with E-state index in [4.69, 9.17) is 0 Å². The summed E-state index contributed by atoms with van der Waals surface area (Å²) in [5.41, 5.74) is 2.67. The van der Waals surface area contributed by atoms with Crippen molar-refractivity contribution in [2.24, 2.45) is 0 Å². The van der Waals surface area contributed by atoms with Crippen molar-refractivity contribution in [2.45, 2.75) is 17.0 Å². The topological polar surface area (TPSA) is 54.9 Å². The number of nitrogens with one attached hydrogen (secondary N) is 1. The highest BCUT2D eigenvalue weighted by molar-refractivity contribution is 8.00. The molecule has 4 nitrogen and oxygen atoms in total. The molecule has 1 N–H and O–H groups in total. The van der Waals surface area contributed by atoms with Crippen molar-refractivity contribution in [3.8, 4) is 0 Å². The predicted octanol–water partition coefficient (Wildman–Crippen LogP) is 4.53. The average molecular weight is 359 g/mol. The molecule has 3 aromatic rings. The van der Waals surface area contributed by atoms with Crippen LogP contribution in [0.15, 0.2) is 52.9 Å². The molecule has 0 bridgehead atoms. The lowest BCUT2D eigenvalue weighted by Gasteiger charge is -2.00. The van der Waals surface area contributed by atoms with E-state index in [1.807, 2.05) is 0 Å². The van der Waals surface area contributed by atoms with Crippen molar-refractivity contribution in [1.82, 2.24) is 10.2 Å². The lowest BCUT2D eigenvalue weighted by molar-refractivity contribution is 0.102. The highest BCUT2D eigenvalue weighted by atomic mass is 32.2. The highest BCUT2D eigenvalue weighted by Gasteiger charge is 2.11. The molecular formula is C17H14FN3OS2. The maximum atomic E-state index is 13.1. The molecule has 0 atom stereocenters. The van der Waals surface area contributed by atoms with Gasteiger partial charge in [0.15, 0.2) is 4.34 Å². The minimum Gasteiger partial charge on any atom is -0.296 e. The van der Waals surface area contributed by atoms with Crippen LogP contribution in [0.2, 0.25) is 0 Å². The Morgan fingerprint density at radius 2 is 2.00 bits per heavy atom. The van der Waals surface area contributed by atoms with Crippen LogP contribution in [-0.2, 0) is 5.75 Å². The molecule has 1 heterocycles. The van der Waals surface area contributed by atoms with Crippen molar-refractivity contribution in [1.29, 1.82) is 0 Å². The third-order valence-electron chi connectivity index (χ3n) is 3.20. The summed E-state index contributed by atoms with van der Waals surface area (Å²) in [6.07, 6.45) is 0. The Balaban J connectivity index is 1.59. The summed E-state index contributed by atoms with van der Waals surface area (Å²) in [4.78, 5) is 12.0. The van der Waals surface area contributed by atoms with Gasteiger partial charge in [-0.1, -0.05) is 59.0 Å².